The normalized spacial score (nSPS) is 14.3. The summed E-state index contributed by atoms with van der Waals surface area (Å²) in [4.78, 5) is 26.1. The maximum atomic E-state index is 12.3. The molecule has 2 aromatic rings. The molecule has 1 aromatic carbocycles. The molecule has 150 valence electrons. The summed E-state index contributed by atoms with van der Waals surface area (Å²) in [6, 6.07) is 8.34. The number of aryl methyl sites for hydroxylation is 2. The Morgan fingerprint density at radius 1 is 1.11 bits per heavy atom. The Hall–Kier alpha value is -2.63. The summed E-state index contributed by atoms with van der Waals surface area (Å²) in [5.74, 6) is 1.75. The molecule has 1 aliphatic rings. The number of hydrogen-bond donors (Lipinski definition) is 1. The Labute approximate surface area is 168 Å². The highest BCUT2D eigenvalue weighted by atomic mass is 16.2. The maximum Gasteiger partial charge on any atom is 0.317 e. The fourth-order valence-electron chi connectivity index (χ4n) is 3.44. The molecule has 28 heavy (non-hydrogen) atoms. The summed E-state index contributed by atoms with van der Waals surface area (Å²) in [6.45, 7) is 12.1. The topological polar surface area (TPSA) is 61.4 Å². The van der Waals surface area contributed by atoms with Crippen LogP contribution in [-0.4, -0.2) is 53.6 Å². The van der Waals surface area contributed by atoms with Crippen LogP contribution in [0.5, 0.6) is 0 Å². The van der Waals surface area contributed by atoms with Crippen LogP contribution in [0, 0.1) is 20.8 Å². The molecule has 0 unspecified atom stereocenters. The molecule has 6 nitrogen and oxygen atoms in total. The van der Waals surface area contributed by atoms with E-state index in [0.29, 0.717) is 13.1 Å². The minimum atomic E-state index is 0.0455. The zero-order valence-electron chi connectivity index (χ0n) is 17.5. The van der Waals surface area contributed by atoms with Crippen LogP contribution < -0.4 is 10.2 Å². The first-order chi connectivity index (χ1) is 13.5. The quantitative estimate of drug-likeness (QED) is 0.802. The molecule has 0 spiro atoms. The van der Waals surface area contributed by atoms with Gasteiger partial charge in [-0.15, -0.1) is 0 Å². The van der Waals surface area contributed by atoms with Crippen molar-refractivity contribution in [2.45, 2.75) is 40.5 Å². The van der Waals surface area contributed by atoms with Crippen LogP contribution in [0.2, 0.25) is 0 Å². The second kappa shape index (κ2) is 9.04. The Morgan fingerprint density at radius 2 is 1.86 bits per heavy atom. The average molecular weight is 382 g/mol. The molecule has 0 atom stereocenters. The molecule has 2 heterocycles. The van der Waals surface area contributed by atoms with Crippen LogP contribution in [0.4, 0.5) is 10.6 Å². The van der Waals surface area contributed by atoms with E-state index in [-0.39, 0.29) is 6.03 Å². The zero-order chi connectivity index (χ0) is 20.1. The molecule has 1 aromatic heterocycles. The van der Waals surface area contributed by atoms with E-state index in [0.717, 1.165) is 60.9 Å². The summed E-state index contributed by atoms with van der Waals surface area (Å²) in [7, 11) is 0. The fourth-order valence-corrected chi connectivity index (χ4v) is 3.44. The van der Waals surface area contributed by atoms with E-state index >= 15 is 0 Å². The predicted molar refractivity (Wildman–Crippen MR) is 114 cm³/mol. The first-order valence-corrected chi connectivity index (χ1v) is 10.2. The van der Waals surface area contributed by atoms with E-state index in [4.69, 9.17) is 9.97 Å². The number of hydrogen-bond acceptors (Lipinski definition) is 4. The lowest BCUT2D eigenvalue weighted by Gasteiger charge is -2.36. The van der Waals surface area contributed by atoms with Crippen molar-refractivity contribution >= 4 is 11.8 Å². The van der Waals surface area contributed by atoms with Crippen LogP contribution in [0.15, 0.2) is 24.3 Å². The summed E-state index contributed by atoms with van der Waals surface area (Å²) in [5, 5.41) is 3.01. The van der Waals surface area contributed by atoms with Gasteiger partial charge in [0.25, 0.3) is 0 Å². The van der Waals surface area contributed by atoms with E-state index in [2.05, 4.69) is 49.2 Å². The van der Waals surface area contributed by atoms with Gasteiger partial charge < -0.3 is 15.1 Å². The first kappa shape index (κ1) is 20.1. The number of piperazine rings is 1. The van der Waals surface area contributed by atoms with Gasteiger partial charge in [0.15, 0.2) is 5.82 Å². The molecule has 0 radical (unpaired) electrons. The number of unbranched alkanes of at least 4 members (excludes halogenated alkanes) is 1. The molecule has 0 bridgehead atoms. The highest BCUT2D eigenvalue weighted by Crippen LogP contribution is 2.25. The van der Waals surface area contributed by atoms with Crippen LogP contribution in [0.3, 0.4) is 0 Å². The molecule has 0 aliphatic carbocycles. The third-order valence-electron chi connectivity index (χ3n) is 5.31. The van der Waals surface area contributed by atoms with Gasteiger partial charge in [0.05, 0.1) is 0 Å². The first-order valence-electron chi connectivity index (χ1n) is 10.2. The molecule has 6 heteroatoms. The lowest BCUT2D eigenvalue weighted by molar-refractivity contribution is 0.194. The molecule has 1 N–H and O–H groups in total. The van der Waals surface area contributed by atoms with Crippen molar-refractivity contribution in [3.63, 3.8) is 0 Å². The molecule has 1 saturated heterocycles. The van der Waals surface area contributed by atoms with Crippen LogP contribution in [0.1, 0.15) is 36.6 Å². The molecule has 3 rings (SSSR count). The van der Waals surface area contributed by atoms with E-state index in [1.165, 1.54) is 5.56 Å². The van der Waals surface area contributed by atoms with Gasteiger partial charge in [0, 0.05) is 49.5 Å². The predicted octanol–water partition coefficient (Wildman–Crippen LogP) is 3.70. The van der Waals surface area contributed by atoms with Gasteiger partial charge in [-0.25, -0.2) is 14.8 Å². The number of amides is 2. The highest BCUT2D eigenvalue weighted by Gasteiger charge is 2.24. The van der Waals surface area contributed by atoms with Crippen LogP contribution in [0.25, 0.3) is 11.4 Å². The Morgan fingerprint density at radius 3 is 2.54 bits per heavy atom. The second-order valence-electron chi connectivity index (χ2n) is 7.51. The number of carbonyl (C=O) groups excluding carboxylic acids is 1. The SMILES string of the molecule is CCCCNC(=O)N1CCN(c2nc(-c3cccc(C)c3)nc(C)c2C)CC1. The highest BCUT2D eigenvalue weighted by molar-refractivity contribution is 5.74. The minimum absolute atomic E-state index is 0.0455. The Kier molecular flexibility index (Phi) is 6.49. The molecule has 1 fully saturated rings. The third-order valence-corrected chi connectivity index (χ3v) is 5.31. The van der Waals surface area contributed by atoms with Crippen LogP contribution >= 0.6 is 0 Å². The van der Waals surface area contributed by atoms with Crippen molar-refractivity contribution in [3.8, 4) is 11.4 Å². The van der Waals surface area contributed by atoms with Gasteiger partial charge in [-0.3, -0.25) is 0 Å². The molecule has 2 amide bonds. The Balaban J connectivity index is 1.73. The van der Waals surface area contributed by atoms with Crippen molar-refractivity contribution in [1.29, 1.82) is 0 Å². The third kappa shape index (κ3) is 4.61. The molecule has 1 aliphatic heterocycles. The largest absolute Gasteiger partial charge is 0.353 e. The van der Waals surface area contributed by atoms with E-state index in [1.54, 1.807) is 0 Å². The summed E-state index contributed by atoms with van der Waals surface area (Å²) >= 11 is 0. The van der Waals surface area contributed by atoms with Crippen molar-refractivity contribution in [2.75, 3.05) is 37.6 Å². The number of rotatable bonds is 5. The lowest BCUT2D eigenvalue weighted by Crippen LogP contribution is -2.52. The van der Waals surface area contributed by atoms with E-state index in [1.807, 2.05) is 17.9 Å². The Bertz CT molecular complexity index is 828. The van der Waals surface area contributed by atoms with Gasteiger partial charge in [-0.2, -0.15) is 0 Å². The summed E-state index contributed by atoms with van der Waals surface area (Å²) < 4.78 is 0. The van der Waals surface area contributed by atoms with Crippen molar-refractivity contribution in [1.82, 2.24) is 20.2 Å². The molecular formula is C22H31N5O. The number of nitrogens with zero attached hydrogens (tertiary/aromatic N) is 4. The number of aromatic nitrogens is 2. The van der Waals surface area contributed by atoms with Gasteiger partial charge in [0.2, 0.25) is 0 Å². The van der Waals surface area contributed by atoms with Gasteiger partial charge in [0.1, 0.15) is 5.82 Å². The van der Waals surface area contributed by atoms with Crippen molar-refractivity contribution in [3.05, 3.63) is 41.1 Å². The monoisotopic (exact) mass is 381 g/mol. The van der Waals surface area contributed by atoms with E-state index < -0.39 is 0 Å². The standard InChI is InChI=1S/C22H31N5O/c1-5-6-10-23-22(28)27-13-11-26(12-14-27)21-17(3)18(4)24-20(25-21)19-9-7-8-16(2)15-19/h7-9,15H,5-6,10-14H2,1-4H3,(H,23,28). The number of benzene rings is 1. The van der Waals surface area contributed by atoms with Crippen LogP contribution in [-0.2, 0) is 0 Å². The summed E-state index contributed by atoms with van der Waals surface area (Å²) in [6.07, 6.45) is 2.11. The van der Waals surface area contributed by atoms with Crippen molar-refractivity contribution in [2.24, 2.45) is 0 Å². The molecule has 0 saturated carbocycles. The van der Waals surface area contributed by atoms with Crippen molar-refractivity contribution < 1.29 is 4.79 Å². The number of nitrogens with one attached hydrogen (secondary N) is 1. The minimum Gasteiger partial charge on any atom is -0.353 e. The van der Waals surface area contributed by atoms with Gasteiger partial charge in [-0.1, -0.05) is 37.1 Å². The zero-order valence-corrected chi connectivity index (χ0v) is 17.5. The van der Waals surface area contributed by atoms with Gasteiger partial charge in [-0.05, 0) is 33.3 Å². The second-order valence-corrected chi connectivity index (χ2v) is 7.51. The smallest absolute Gasteiger partial charge is 0.317 e. The number of carbonyl (C=O) groups is 1. The van der Waals surface area contributed by atoms with Gasteiger partial charge >= 0.3 is 6.03 Å². The fraction of sp³-hybridized carbons (Fsp3) is 0.500. The number of urea groups is 1. The average Bonchev–Trinajstić information content (AvgIpc) is 2.70. The lowest BCUT2D eigenvalue weighted by atomic mass is 10.1. The molecular weight excluding hydrogens is 350 g/mol. The summed E-state index contributed by atoms with van der Waals surface area (Å²) in [5.41, 5.74) is 4.35. The van der Waals surface area contributed by atoms with E-state index in [9.17, 15) is 4.79 Å². The number of anilines is 1. The maximum absolute atomic E-state index is 12.3.